The van der Waals surface area contributed by atoms with Crippen molar-refractivity contribution in [3.8, 4) is 5.75 Å². The summed E-state index contributed by atoms with van der Waals surface area (Å²) in [6.07, 6.45) is 8.17. The van der Waals surface area contributed by atoms with Gasteiger partial charge in [0.1, 0.15) is 12.1 Å². The van der Waals surface area contributed by atoms with Crippen molar-refractivity contribution in [2.75, 3.05) is 38.6 Å². The number of hydrogen-bond acceptors (Lipinski definition) is 8. The van der Waals surface area contributed by atoms with Crippen LogP contribution < -0.4 is 10.1 Å². The van der Waals surface area contributed by atoms with E-state index in [1.165, 1.54) is 18.3 Å². The van der Waals surface area contributed by atoms with Crippen LogP contribution in [0.1, 0.15) is 82.4 Å². The van der Waals surface area contributed by atoms with E-state index < -0.39 is 0 Å². The number of carbonyl (C=O) groups is 1. The summed E-state index contributed by atoms with van der Waals surface area (Å²) in [4.78, 5) is 28.5. The lowest BCUT2D eigenvalue weighted by Gasteiger charge is -2.25. The monoisotopic (exact) mass is 511 g/mol. The molecule has 1 aliphatic rings. The molecule has 8 heteroatoms. The molecule has 0 fully saturated rings. The molecule has 0 aromatic carbocycles. The summed E-state index contributed by atoms with van der Waals surface area (Å²) in [6.45, 7) is 13.7. The zero-order chi connectivity index (χ0) is 26.8. The SMILES string of the molecule is CO[C@H](C)CN(CCCCc1ccc2c(n1)NCCC2)CCCC(=O)Oc1c(C)ncnc1C(C)(C)C. The minimum atomic E-state index is -0.241. The van der Waals surface area contributed by atoms with Crippen LogP contribution in [-0.2, 0) is 27.8 Å². The largest absolute Gasteiger partial charge is 0.423 e. The molecule has 8 nitrogen and oxygen atoms in total. The van der Waals surface area contributed by atoms with E-state index in [9.17, 15) is 4.79 Å². The molecule has 3 heterocycles. The van der Waals surface area contributed by atoms with E-state index in [1.54, 1.807) is 7.11 Å². The fraction of sp³-hybridized carbons (Fsp3) is 0.655. The molecule has 0 amide bonds. The van der Waals surface area contributed by atoms with Crippen molar-refractivity contribution < 1.29 is 14.3 Å². The van der Waals surface area contributed by atoms with E-state index in [0.29, 0.717) is 17.9 Å². The molecule has 0 unspecified atom stereocenters. The molecule has 0 aliphatic carbocycles. The van der Waals surface area contributed by atoms with Gasteiger partial charge in [0.05, 0.1) is 17.5 Å². The minimum Gasteiger partial charge on any atom is -0.423 e. The first-order chi connectivity index (χ1) is 17.7. The number of methoxy groups -OCH3 is 1. The Morgan fingerprint density at radius 3 is 2.70 bits per heavy atom. The van der Waals surface area contributed by atoms with Crippen LogP contribution in [0.3, 0.4) is 0 Å². The number of rotatable bonds is 13. The van der Waals surface area contributed by atoms with Gasteiger partial charge in [0, 0.05) is 37.7 Å². The molecule has 0 saturated carbocycles. The quantitative estimate of drug-likeness (QED) is 0.301. The fourth-order valence-electron chi connectivity index (χ4n) is 4.61. The fourth-order valence-corrected chi connectivity index (χ4v) is 4.61. The normalized spacial score (nSPS) is 14.2. The molecule has 2 aromatic rings. The van der Waals surface area contributed by atoms with Crippen LogP contribution in [-0.4, -0.2) is 65.2 Å². The second-order valence-corrected chi connectivity index (χ2v) is 11.1. The maximum Gasteiger partial charge on any atom is 0.311 e. The number of nitrogens with one attached hydrogen (secondary N) is 1. The molecule has 1 aliphatic heterocycles. The second-order valence-electron chi connectivity index (χ2n) is 11.1. The van der Waals surface area contributed by atoms with Crippen molar-refractivity contribution in [3.63, 3.8) is 0 Å². The van der Waals surface area contributed by atoms with Gasteiger partial charge in [-0.25, -0.2) is 15.0 Å². The molecule has 37 heavy (non-hydrogen) atoms. The van der Waals surface area contributed by atoms with Crippen LogP contribution in [0.5, 0.6) is 5.75 Å². The van der Waals surface area contributed by atoms with Crippen LogP contribution in [0.2, 0.25) is 0 Å². The predicted octanol–water partition coefficient (Wildman–Crippen LogP) is 4.88. The lowest BCUT2D eigenvalue weighted by atomic mass is 9.91. The zero-order valence-corrected chi connectivity index (χ0v) is 23.6. The first-order valence-corrected chi connectivity index (χ1v) is 13.7. The predicted molar refractivity (Wildman–Crippen MR) is 147 cm³/mol. The Kier molecular flexibility index (Phi) is 10.8. The highest BCUT2D eigenvalue weighted by Gasteiger charge is 2.24. The van der Waals surface area contributed by atoms with Gasteiger partial charge in [-0.1, -0.05) is 26.8 Å². The van der Waals surface area contributed by atoms with E-state index in [2.05, 4.69) is 60.0 Å². The zero-order valence-electron chi connectivity index (χ0n) is 23.6. The Bertz CT molecular complexity index is 1020. The average Bonchev–Trinajstić information content (AvgIpc) is 2.86. The van der Waals surface area contributed by atoms with Gasteiger partial charge in [-0.15, -0.1) is 0 Å². The van der Waals surface area contributed by atoms with Crippen molar-refractivity contribution in [2.24, 2.45) is 0 Å². The number of aryl methyl sites for hydroxylation is 3. The van der Waals surface area contributed by atoms with E-state index in [-0.39, 0.29) is 17.5 Å². The van der Waals surface area contributed by atoms with E-state index in [1.807, 2.05) is 6.92 Å². The molecule has 2 aromatic heterocycles. The summed E-state index contributed by atoms with van der Waals surface area (Å²) < 4.78 is 11.3. The Morgan fingerprint density at radius 1 is 1.16 bits per heavy atom. The van der Waals surface area contributed by atoms with E-state index >= 15 is 0 Å². The maximum atomic E-state index is 12.7. The number of carbonyl (C=O) groups excluding carboxylic acids is 1. The topological polar surface area (TPSA) is 89.5 Å². The number of pyridine rings is 1. The van der Waals surface area contributed by atoms with Crippen LogP contribution in [0.15, 0.2) is 18.5 Å². The van der Waals surface area contributed by atoms with Gasteiger partial charge in [-0.2, -0.15) is 0 Å². The number of anilines is 1. The van der Waals surface area contributed by atoms with Gasteiger partial charge in [0.2, 0.25) is 0 Å². The van der Waals surface area contributed by atoms with Crippen molar-refractivity contribution in [3.05, 3.63) is 41.1 Å². The number of fused-ring (bicyclic) bond motifs is 1. The summed E-state index contributed by atoms with van der Waals surface area (Å²) in [6, 6.07) is 4.40. The third kappa shape index (κ3) is 9.04. The molecule has 0 bridgehead atoms. The van der Waals surface area contributed by atoms with Gasteiger partial charge in [-0.3, -0.25) is 4.79 Å². The Labute approximate surface area is 222 Å². The van der Waals surface area contributed by atoms with E-state index in [4.69, 9.17) is 14.5 Å². The van der Waals surface area contributed by atoms with Crippen molar-refractivity contribution >= 4 is 11.8 Å². The highest BCUT2D eigenvalue weighted by Crippen LogP contribution is 2.31. The maximum absolute atomic E-state index is 12.7. The van der Waals surface area contributed by atoms with Crippen molar-refractivity contribution in [1.29, 1.82) is 0 Å². The molecular formula is C29H45N5O3. The lowest BCUT2D eigenvalue weighted by Crippen LogP contribution is -2.34. The molecule has 0 spiro atoms. The Hall–Kier alpha value is -2.58. The number of nitrogens with zero attached hydrogens (tertiary/aromatic N) is 4. The van der Waals surface area contributed by atoms with Crippen molar-refractivity contribution in [1.82, 2.24) is 19.9 Å². The van der Waals surface area contributed by atoms with Crippen molar-refractivity contribution in [2.45, 2.75) is 91.1 Å². The molecular weight excluding hydrogens is 466 g/mol. The first-order valence-electron chi connectivity index (χ1n) is 13.7. The highest BCUT2D eigenvalue weighted by molar-refractivity contribution is 5.73. The molecule has 3 rings (SSSR count). The van der Waals surface area contributed by atoms with Crippen LogP contribution >= 0.6 is 0 Å². The summed E-state index contributed by atoms with van der Waals surface area (Å²) in [7, 11) is 1.74. The third-order valence-electron chi connectivity index (χ3n) is 6.79. The lowest BCUT2D eigenvalue weighted by molar-refractivity contribution is -0.134. The van der Waals surface area contributed by atoms with Crippen LogP contribution in [0, 0.1) is 6.92 Å². The van der Waals surface area contributed by atoms with Crippen LogP contribution in [0.25, 0.3) is 0 Å². The Morgan fingerprint density at radius 2 is 1.95 bits per heavy atom. The van der Waals surface area contributed by atoms with Gasteiger partial charge in [0.25, 0.3) is 0 Å². The summed E-state index contributed by atoms with van der Waals surface area (Å²) >= 11 is 0. The number of esters is 1. The standard InChI is InChI=1S/C29H45N5O3/c1-21(36-6)19-34(17-8-7-12-24-15-14-23-11-9-16-30-28(23)33-24)18-10-13-25(35)37-26-22(2)31-20-32-27(26)29(3,4)5/h14-15,20-21H,7-13,16-19H2,1-6H3,(H,30,33)/t21-/m1/s1. The Balaban J connectivity index is 1.46. The van der Waals surface area contributed by atoms with E-state index in [0.717, 1.165) is 75.5 Å². The van der Waals surface area contributed by atoms with Gasteiger partial charge >= 0.3 is 5.97 Å². The summed E-state index contributed by atoms with van der Waals surface area (Å²) in [5.41, 5.74) is 3.70. The number of hydrogen-bond donors (Lipinski definition) is 1. The molecule has 0 radical (unpaired) electrons. The number of ether oxygens (including phenoxy) is 2. The van der Waals surface area contributed by atoms with Gasteiger partial charge in [0.15, 0.2) is 5.75 Å². The third-order valence-corrected chi connectivity index (χ3v) is 6.79. The molecule has 1 atom stereocenters. The molecule has 0 saturated heterocycles. The van der Waals surface area contributed by atoms with Gasteiger partial charge in [-0.05, 0) is 77.1 Å². The molecule has 1 N–H and O–H groups in total. The van der Waals surface area contributed by atoms with Gasteiger partial charge < -0.3 is 19.7 Å². The molecule has 204 valence electrons. The minimum absolute atomic E-state index is 0.138. The first kappa shape index (κ1) is 29.0. The number of unbranched alkanes of at least 4 members (excludes halogenated alkanes) is 1. The highest BCUT2D eigenvalue weighted by atomic mass is 16.5. The van der Waals surface area contributed by atoms with Crippen LogP contribution in [0.4, 0.5) is 5.82 Å². The smallest absolute Gasteiger partial charge is 0.311 e. The summed E-state index contributed by atoms with van der Waals surface area (Å²) in [5.74, 6) is 1.32. The second kappa shape index (κ2) is 13.8. The summed E-state index contributed by atoms with van der Waals surface area (Å²) in [5, 5.41) is 3.42. The number of aromatic nitrogens is 3. The average molecular weight is 512 g/mol.